The van der Waals surface area contributed by atoms with Crippen LogP contribution in [0.25, 0.3) is 22.4 Å². The molecule has 0 atom stereocenters. The highest BCUT2D eigenvalue weighted by atomic mass is 16.2. The van der Waals surface area contributed by atoms with Gasteiger partial charge in [-0.15, -0.1) is 0 Å². The van der Waals surface area contributed by atoms with Crippen molar-refractivity contribution in [2.45, 2.75) is 27.7 Å². The molecule has 0 bridgehead atoms. The van der Waals surface area contributed by atoms with Crippen molar-refractivity contribution in [2.24, 2.45) is 0 Å². The van der Waals surface area contributed by atoms with E-state index in [2.05, 4.69) is 20.8 Å². The van der Waals surface area contributed by atoms with E-state index in [9.17, 15) is 4.79 Å². The third-order valence-electron chi connectivity index (χ3n) is 4.89. The number of rotatable bonds is 0. The number of fused-ring (bicyclic) bond motifs is 5. The van der Waals surface area contributed by atoms with E-state index in [1.54, 1.807) is 4.57 Å². The fourth-order valence-corrected chi connectivity index (χ4v) is 3.37. The molecule has 1 aliphatic heterocycles. The van der Waals surface area contributed by atoms with Gasteiger partial charge >= 0.3 is 0 Å². The molecule has 4 rings (SSSR count). The molecule has 0 spiro atoms. The number of carbonyl (C=O) groups is 1. The maximum Gasteiger partial charge on any atom is 0.265 e. The number of para-hydroxylation sites is 2. The molecule has 0 aliphatic carbocycles. The zero-order chi connectivity index (χ0) is 14.9. The molecule has 0 unspecified atom stereocenters. The molecule has 21 heavy (non-hydrogen) atoms. The van der Waals surface area contributed by atoms with E-state index in [0.29, 0.717) is 0 Å². The first-order valence-electron chi connectivity index (χ1n) is 7.15. The lowest BCUT2D eigenvalue weighted by molar-refractivity contribution is 0.0973. The van der Waals surface area contributed by atoms with E-state index in [1.165, 1.54) is 11.1 Å². The Kier molecular flexibility index (Phi) is 2.24. The van der Waals surface area contributed by atoms with Gasteiger partial charge in [0.25, 0.3) is 5.91 Å². The Bertz CT molecular complexity index is 948. The van der Waals surface area contributed by atoms with Crippen molar-refractivity contribution in [2.75, 3.05) is 0 Å². The lowest BCUT2D eigenvalue weighted by atomic mass is 9.90. The van der Waals surface area contributed by atoms with Crippen LogP contribution in [-0.2, 0) is 0 Å². The average molecular weight is 276 g/mol. The Morgan fingerprint density at radius 3 is 2.19 bits per heavy atom. The number of benzene rings is 2. The van der Waals surface area contributed by atoms with Crippen LogP contribution in [0.4, 0.5) is 0 Å². The lowest BCUT2D eigenvalue weighted by Crippen LogP contribution is -2.08. The fourth-order valence-electron chi connectivity index (χ4n) is 3.37. The minimum atomic E-state index is 0.0531. The Balaban J connectivity index is 2.21. The van der Waals surface area contributed by atoms with Crippen molar-refractivity contribution in [1.29, 1.82) is 0 Å². The molecule has 3 heteroatoms. The van der Waals surface area contributed by atoms with Gasteiger partial charge in [0.1, 0.15) is 5.82 Å². The summed E-state index contributed by atoms with van der Waals surface area (Å²) in [5.74, 6) is 0.845. The van der Waals surface area contributed by atoms with Gasteiger partial charge in [0, 0.05) is 5.56 Å². The highest BCUT2D eigenvalue weighted by Gasteiger charge is 2.34. The summed E-state index contributed by atoms with van der Waals surface area (Å²) in [6, 6.07) is 7.82. The molecule has 0 saturated heterocycles. The van der Waals surface area contributed by atoms with E-state index in [0.717, 1.165) is 39.1 Å². The SMILES string of the molecule is Cc1c(C)c(C)c2c(c1C)C(=O)n1c-2nc2ccccc21. The molecule has 0 amide bonds. The van der Waals surface area contributed by atoms with Crippen LogP contribution in [0.2, 0.25) is 0 Å². The summed E-state index contributed by atoms with van der Waals surface area (Å²) in [5, 5.41) is 0. The number of aromatic nitrogens is 2. The normalized spacial score (nSPS) is 12.9. The van der Waals surface area contributed by atoms with Crippen LogP contribution in [-0.4, -0.2) is 15.5 Å². The van der Waals surface area contributed by atoms with Gasteiger partial charge in [0.2, 0.25) is 0 Å². The largest absolute Gasteiger partial charge is 0.268 e. The maximum atomic E-state index is 12.9. The molecule has 2 aromatic carbocycles. The number of nitrogens with zero attached hydrogens (tertiary/aromatic N) is 2. The zero-order valence-corrected chi connectivity index (χ0v) is 12.6. The highest BCUT2D eigenvalue weighted by molar-refractivity contribution is 6.14. The van der Waals surface area contributed by atoms with Crippen LogP contribution in [0.5, 0.6) is 0 Å². The Hall–Kier alpha value is -2.42. The first-order chi connectivity index (χ1) is 10.0. The van der Waals surface area contributed by atoms with E-state index >= 15 is 0 Å². The predicted molar refractivity (Wildman–Crippen MR) is 83.8 cm³/mol. The van der Waals surface area contributed by atoms with Crippen molar-refractivity contribution in [3.05, 3.63) is 52.1 Å². The monoisotopic (exact) mass is 276 g/mol. The maximum absolute atomic E-state index is 12.9. The number of hydrogen-bond acceptors (Lipinski definition) is 2. The molecular weight excluding hydrogens is 260 g/mol. The van der Waals surface area contributed by atoms with Crippen molar-refractivity contribution in [3.63, 3.8) is 0 Å². The first kappa shape index (κ1) is 12.3. The van der Waals surface area contributed by atoms with Gasteiger partial charge in [0.05, 0.1) is 16.6 Å². The van der Waals surface area contributed by atoms with Crippen LogP contribution in [0.3, 0.4) is 0 Å². The summed E-state index contributed by atoms with van der Waals surface area (Å²) in [5.41, 5.74) is 8.29. The summed E-state index contributed by atoms with van der Waals surface area (Å²) in [6.07, 6.45) is 0. The highest BCUT2D eigenvalue weighted by Crippen LogP contribution is 2.41. The third kappa shape index (κ3) is 1.33. The van der Waals surface area contributed by atoms with Crippen molar-refractivity contribution < 1.29 is 4.79 Å². The van der Waals surface area contributed by atoms with Crippen LogP contribution in [0.15, 0.2) is 24.3 Å². The van der Waals surface area contributed by atoms with E-state index < -0.39 is 0 Å². The number of hydrogen-bond donors (Lipinski definition) is 0. The Labute approximate surface area is 123 Å². The summed E-state index contributed by atoms with van der Waals surface area (Å²) in [4.78, 5) is 17.6. The lowest BCUT2D eigenvalue weighted by Gasteiger charge is -2.13. The topological polar surface area (TPSA) is 34.9 Å². The smallest absolute Gasteiger partial charge is 0.265 e. The average Bonchev–Trinajstić information content (AvgIpc) is 2.98. The summed E-state index contributed by atoms with van der Waals surface area (Å²) in [7, 11) is 0. The first-order valence-corrected chi connectivity index (χ1v) is 7.15. The molecule has 104 valence electrons. The summed E-state index contributed by atoms with van der Waals surface area (Å²) < 4.78 is 1.76. The quantitative estimate of drug-likeness (QED) is 0.487. The molecule has 3 aromatic rings. The van der Waals surface area contributed by atoms with Gasteiger partial charge in [-0.3, -0.25) is 9.36 Å². The Morgan fingerprint density at radius 1 is 0.857 bits per heavy atom. The fraction of sp³-hybridized carbons (Fsp3) is 0.222. The van der Waals surface area contributed by atoms with Crippen molar-refractivity contribution in [3.8, 4) is 11.4 Å². The van der Waals surface area contributed by atoms with Gasteiger partial charge in [-0.05, 0) is 62.1 Å². The second-order valence-electron chi connectivity index (χ2n) is 5.81. The van der Waals surface area contributed by atoms with Gasteiger partial charge < -0.3 is 0 Å². The molecule has 0 N–H and O–H groups in total. The van der Waals surface area contributed by atoms with Crippen molar-refractivity contribution in [1.82, 2.24) is 9.55 Å². The second-order valence-corrected chi connectivity index (χ2v) is 5.81. The molecule has 0 radical (unpaired) electrons. The molecule has 2 heterocycles. The Morgan fingerprint density at radius 2 is 1.48 bits per heavy atom. The van der Waals surface area contributed by atoms with Crippen LogP contribution >= 0.6 is 0 Å². The molecule has 0 saturated carbocycles. The van der Waals surface area contributed by atoms with E-state index in [4.69, 9.17) is 4.98 Å². The third-order valence-corrected chi connectivity index (χ3v) is 4.89. The zero-order valence-electron chi connectivity index (χ0n) is 12.6. The molecule has 0 fully saturated rings. The molecule has 3 nitrogen and oxygen atoms in total. The predicted octanol–water partition coefficient (Wildman–Crippen LogP) is 3.94. The van der Waals surface area contributed by atoms with Crippen LogP contribution < -0.4 is 0 Å². The number of carbonyl (C=O) groups excluding carboxylic acids is 1. The van der Waals surface area contributed by atoms with E-state index in [1.807, 2.05) is 31.2 Å². The minimum absolute atomic E-state index is 0.0531. The number of imidazole rings is 1. The standard InChI is InChI=1S/C18H16N2O/c1-9-10(2)12(4)16-15(11(9)3)17-19-13-7-5-6-8-14(13)20(17)18(16)21/h5-8H,1-4H3. The molecule has 1 aromatic heterocycles. The molecule has 1 aliphatic rings. The second kappa shape index (κ2) is 3.82. The summed E-state index contributed by atoms with van der Waals surface area (Å²) >= 11 is 0. The van der Waals surface area contributed by atoms with E-state index in [-0.39, 0.29) is 5.91 Å². The van der Waals surface area contributed by atoms with Gasteiger partial charge in [-0.25, -0.2) is 4.98 Å². The van der Waals surface area contributed by atoms with Crippen LogP contribution in [0, 0.1) is 27.7 Å². The molecular formula is C18H16N2O. The van der Waals surface area contributed by atoms with Gasteiger partial charge in [0.15, 0.2) is 0 Å². The summed E-state index contributed by atoms with van der Waals surface area (Å²) in [6.45, 7) is 8.33. The van der Waals surface area contributed by atoms with Crippen molar-refractivity contribution >= 4 is 16.9 Å². The van der Waals surface area contributed by atoms with Gasteiger partial charge in [-0.2, -0.15) is 0 Å². The van der Waals surface area contributed by atoms with Gasteiger partial charge in [-0.1, -0.05) is 12.1 Å². The van der Waals surface area contributed by atoms with Crippen LogP contribution in [0.1, 0.15) is 32.6 Å². The minimum Gasteiger partial charge on any atom is -0.268 e.